The lowest BCUT2D eigenvalue weighted by Gasteiger charge is -2.15. The number of carbonyl (C=O) groups is 1. The molecule has 0 aliphatic heterocycles. The van der Waals surface area contributed by atoms with Crippen LogP contribution in [0, 0.1) is 5.82 Å². The predicted octanol–water partition coefficient (Wildman–Crippen LogP) is 2.16. The molecule has 0 aliphatic carbocycles. The number of hydroxylamine groups is 1. The molecular formula is C12H14F4N2O2. The van der Waals surface area contributed by atoms with Crippen LogP contribution in [0.2, 0.25) is 0 Å². The molecule has 0 bridgehead atoms. The average Bonchev–Trinajstić information content (AvgIpc) is 2.37. The Hall–Kier alpha value is -1.67. The standard InChI is InChI=1S/C12H14F4N2O2/c1-2-8-7(5-18-20)3-4-9(13)10(8)11(19)17-6-12(14,15)16/h3-4,18,20H,2,5-6H2,1H3,(H,17,19). The lowest BCUT2D eigenvalue weighted by Crippen LogP contribution is -2.35. The first-order valence-electron chi connectivity index (χ1n) is 5.82. The van der Waals surface area contributed by atoms with E-state index in [0.29, 0.717) is 5.56 Å². The third-order valence-electron chi connectivity index (χ3n) is 2.66. The molecule has 112 valence electrons. The molecule has 0 saturated carbocycles. The van der Waals surface area contributed by atoms with Crippen molar-refractivity contribution in [3.63, 3.8) is 0 Å². The van der Waals surface area contributed by atoms with Gasteiger partial charge >= 0.3 is 6.18 Å². The molecular weight excluding hydrogens is 280 g/mol. The van der Waals surface area contributed by atoms with E-state index in [1.807, 2.05) is 5.48 Å². The van der Waals surface area contributed by atoms with Gasteiger partial charge < -0.3 is 10.5 Å². The quantitative estimate of drug-likeness (QED) is 0.576. The van der Waals surface area contributed by atoms with Gasteiger partial charge in [0.25, 0.3) is 5.91 Å². The van der Waals surface area contributed by atoms with E-state index in [1.165, 1.54) is 6.07 Å². The Morgan fingerprint density at radius 2 is 2.00 bits per heavy atom. The number of benzene rings is 1. The summed E-state index contributed by atoms with van der Waals surface area (Å²) >= 11 is 0. The van der Waals surface area contributed by atoms with E-state index in [1.54, 1.807) is 12.2 Å². The molecule has 20 heavy (non-hydrogen) atoms. The minimum Gasteiger partial charge on any atom is -0.343 e. The normalized spacial score (nSPS) is 11.5. The highest BCUT2D eigenvalue weighted by atomic mass is 19.4. The number of halogens is 4. The van der Waals surface area contributed by atoms with E-state index in [2.05, 4.69) is 0 Å². The first kappa shape index (κ1) is 16.4. The van der Waals surface area contributed by atoms with E-state index in [9.17, 15) is 22.4 Å². The van der Waals surface area contributed by atoms with Gasteiger partial charge in [-0.15, -0.1) is 0 Å². The summed E-state index contributed by atoms with van der Waals surface area (Å²) in [6, 6.07) is 2.34. The summed E-state index contributed by atoms with van der Waals surface area (Å²) in [5.74, 6) is -2.03. The van der Waals surface area contributed by atoms with Crippen molar-refractivity contribution in [3.8, 4) is 0 Å². The molecule has 0 heterocycles. The van der Waals surface area contributed by atoms with Crippen molar-refractivity contribution in [3.05, 3.63) is 34.6 Å². The summed E-state index contributed by atoms with van der Waals surface area (Å²) in [6.45, 7) is 0.0656. The van der Waals surface area contributed by atoms with Gasteiger partial charge in [-0.05, 0) is 23.6 Å². The molecule has 0 unspecified atom stereocenters. The predicted molar refractivity (Wildman–Crippen MR) is 62.8 cm³/mol. The molecule has 0 saturated heterocycles. The van der Waals surface area contributed by atoms with Crippen molar-refractivity contribution in [2.24, 2.45) is 0 Å². The number of nitrogens with one attached hydrogen (secondary N) is 2. The molecule has 0 spiro atoms. The Morgan fingerprint density at radius 3 is 2.50 bits per heavy atom. The fraction of sp³-hybridized carbons (Fsp3) is 0.417. The number of rotatable bonds is 5. The van der Waals surface area contributed by atoms with E-state index in [4.69, 9.17) is 5.21 Å². The van der Waals surface area contributed by atoms with Gasteiger partial charge in [-0.3, -0.25) is 4.79 Å². The molecule has 1 amide bonds. The lowest BCUT2D eigenvalue weighted by atomic mass is 9.97. The van der Waals surface area contributed by atoms with E-state index in [0.717, 1.165) is 6.07 Å². The van der Waals surface area contributed by atoms with E-state index in [-0.39, 0.29) is 18.5 Å². The highest BCUT2D eigenvalue weighted by molar-refractivity contribution is 5.96. The zero-order chi connectivity index (χ0) is 15.3. The maximum Gasteiger partial charge on any atom is 0.405 e. The van der Waals surface area contributed by atoms with Gasteiger partial charge in [0.05, 0.1) is 5.56 Å². The van der Waals surface area contributed by atoms with Crippen LogP contribution >= 0.6 is 0 Å². The average molecular weight is 294 g/mol. The third-order valence-corrected chi connectivity index (χ3v) is 2.66. The minimum absolute atomic E-state index is 0.0387. The molecule has 0 atom stereocenters. The Morgan fingerprint density at radius 1 is 1.35 bits per heavy atom. The van der Waals surface area contributed by atoms with Crippen molar-refractivity contribution in [2.75, 3.05) is 6.54 Å². The fourth-order valence-corrected chi connectivity index (χ4v) is 1.83. The maximum absolute atomic E-state index is 13.7. The zero-order valence-electron chi connectivity index (χ0n) is 10.6. The van der Waals surface area contributed by atoms with Crippen LogP contribution in [-0.4, -0.2) is 23.8 Å². The molecule has 4 nitrogen and oxygen atoms in total. The second-order valence-corrected chi connectivity index (χ2v) is 4.05. The van der Waals surface area contributed by atoms with Gasteiger partial charge in [-0.1, -0.05) is 13.0 Å². The summed E-state index contributed by atoms with van der Waals surface area (Å²) in [4.78, 5) is 11.7. The Bertz CT molecular complexity index is 489. The topological polar surface area (TPSA) is 61.4 Å². The molecule has 8 heteroatoms. The highest BCUT2D eigenvalue weighted by Gasteiger charge is 2.29. The molecule has 0 aliphatic rings. The van der Waals surface area contributed by atoms with Crippen molar-refractivity contribution < 1.29 is 27.6 Å². The second kappa shape index (κ2) is 6.67. The third kappa shape index (κ3) is 4.17. The number of alkyl halides is 3. The number of amides is 1. The van der Waals surface area contributed by atoms with Gasteiger partial charge in [0, 0.05) is 6.54 Å². The van der Waals surface area contributed by atoms with Crippen molar-refractivity contribution in [1.29, 1.82) is 0 Å². The van der Waals surface area contributed by atoms with Crippen molar-refractivity contribution in [2.45, 2.75) is 26.1 Å². The van der Waals surface area contributed by atoms with Crippen LogP contribution in [0.5, 0.6) is 0 Å². The van der Waals surface area contributed by atoms with Crippen LogP contribution in [0.3, 0.4) is 0 Å². The zero-order valence-corrected chi connectivity index (χ0v) is 10.6. The van der Waals surface area contributed by atoms with Crippen LogP contribution in [-0.2, 0) is 13.0 Å². The molecule has 0 fully saturated rings. The summed E-state index contributed by atoms with van der Waals surface area (Å²) in [6.07, 6.45) is -4.33. The van der Waals surface area contributed by atoms with Crippen molar-refractivity contribution in [1.82, 2.24) is 10.8 Å². The number of carbonyl (C=O) groups excluding carboxylic acids is 1. The fourth-order valence-electron chi connectivity index (χ4n) is 1.83. The highest BCUT2D eigenvalue weighted by Crippen LogP contribution is 2.20. The second-order valence-electron chi connectivity index (χ2n) is 4.05. The Kier molecular flexibility index (Phi) is 5.46. The van der Waals surface area contributed by atoms with Crippen LogP contribution in [0.25, 0.3) is 0 Å². The smallest absolute Gasteiger partial charge is 0.343 e. The largest absolute Gasteiger partial charge is 0.405 e. The molecule has 3 N–H and O–H groups in total. The summed E-state index contributed by atoms with van der Waals surface area (Å²) in [5, 5.41) is 10.3. The Balaban J connectivity index is 3.08. The first-order valence-corrected chi connectivity index (χ1v) is 5.82. The minimum atomic E-state index is -4.57. The number of hydrogen-bond donors (Lipinski definition) is 3. The maximum atomic E-state index is 13.7. The molecule has 0 radical (unpaired) electrons. The SMILES string of the molecule is CCc1c(CNO)ccc(F)c1C(=O)NCC(F)(F)F. The summed E-state index contributed by atoms with van der Waals surface area (Å²) in [5.41, 5.74) is 2.13. The molecule has 1 rings (SSSR count). The molecule has 1 aromatic carbocycles. The lowest BCUT2D eigenvalue weighted by molar-refractivity contribution is -0.123. The van der Waals surface area contributed by atoms with Gasteiger partial charge in [0.1, 0.15) is 12.4 Å². The summed E-state index contributed by atoms with van der Waals surface area (Å²) < 4.78 is 49.9. The van der Waals surface area contributed by atoms with Crippen molar-refractivity contribution >= 4 is 5.91 Å². The van der Waals surface area contributed by atoms with Gasteiger partial charge in [0.2, 0.25) is 0 Å². The Labute approximate surface area is 112 Å². The van der Waals surface area contributed by atoms with Crippen LogP contribution in [0.15, 0.2) is 12.1 Å². The molecule has 0 aromatic heterocycles. The first-order chi connectivity index (χ1) is 9.30. The van der Waals surface area contributed by atoms with Gasteiger partial charge in [-0.25, -0.2) is 9.87 Å². The van der Waals surface area contributed by atoms with Crippen LogP contribution < -0.4 is 10.8 Å². The van der Waals surface area contributed by atoms with E-state index < -0.39 is 30.0 Å². The van der Waals surface area contributed by atoms with Crippen LogP contribution in [0.1, 0.15) is 28.4 Å². The van der Waals surface area contributed by atoms with Gasteiger partial charge in [0.15, 0.2) is 0 Å². The monoisotopic (exact) mass is 294 g/mol. The van der Waals surface area contributed by atoms with E-state index >= 15 is 0 Å². The molecule has 1 aromatic rings. The van der Waals surface area contributed by atoms with Crippen LogP contribution in [0.4, 0.5) is 17.6 Å². The van der Waals surface area contributed by atoms with Gasteiger partial charge in [-0.2, -0.15) is 13.2 Å². The number of hydrogen-bond acceptors (Lipinski definition) is 3. The summed E-state index contributed by atoms with van der Waals surface area (Å²) in [7, 11) is 0.